The third-order valence-corrected chi connectivity index (χ3v) is 4.01. The van der Waals surface area contributed by atoms with Crippen molar-refractivity contribution in [2.75, 3.05) is 17.7 Å². The van der Waals surface area contributed by atoms with E-state index in [1.807, 2.05) is 6.07 Å². The Kier molecular flexibility index (Phi) is 5.73. The van der Waals surface area contributed by atoms with Gasteiger partial charge >= 0.3 is 5.97 Å². The number of amides is 1. The average Bonchev–Trinajstić information content (AvgIpc) is 3.21. The second kappa shape index (κ2) is 8.37. The number of ether oxygens (including phenoxy) is 1. The van der Waals surface area contributed by atoms with E-state index in [0.29, 0.717) is 28.6 Å². The zero-order valence-electron chi connectivity index (χ0n) is 14.4. The Labute approximate surface area is 160 Å². The van der Waals surface area contributed by atoms with Crippen molar-refractivity contribution in [3.8, 4) is 0 Å². The molecule has 8 heteroatoms. The van der Waals surface area contributed by atoms with E-state index >= 15 is 0 Å². The molecule has 0 radical (unpaired) electrons. The number of aromatic nitrogens is 1. The number of furan rings is 1. The minimum atomic E-state index is -0.518. The summed E-state index contributed by atoms with van der Waals surface area (Å²) in [6.07, 6.45) is 3.04. The van der Waals surface area contributed by atoms with Crippen LogP contribution in [0.1, 0.15) is 26.5 Å². The summed E-state index contributed by atoms with van der Waals surface area (Å²) < 4.78 is 9.89. The fraction of sp³-hybridized carbons (Fsp3) is 0.105. The SMILES string of the molecule is COC(=O)c1ccc(Cl)c(NC(=O)c2ccc(NCc3ccco3)nc2)c1. The van der Waals surface area contributed by atoms with Gasteiger partial charge in [0.15, 0.2) is 0 Å². The summed E-state index contributed by atoms with van der Waals surface area (Å²) in [5.74, 6) is 0.465. The maximum absolute atomic E-state index is 12.4. The number of methoxy groups -OCH3 is 1. The minimum Gasteiger partial charge on any atom is -0.467 e. The van der Waals surface area contributed by atoms with Gasteiger partial charge in [0, 0.05) is 6.20 Å². The zero-order valence-corrected chi connectivity index (χ0v) is 15.1. The fourth-order valence-corrected chi connectivity index (χ4v) is 2.45. The molecular weight excluding hydrogens is 370 g/mol. The van der Waals surface area contributed by atoms with E-state index in [1.54, 1.807) is 24.5 Å². The third-order valence-electron chi connectivity index (χ3n) is 3.69. The van der Waals surface area contributed by atoms with E-state index in [0.717, 1.165) is 5.76 Å². The molecule has 0 aliphatic carbocycles. The number of nitrogens with one attached hydrogen (secondary N) is 2. The van der Waals surface area contributed by atoms with Gasteiger partial charge in [-0.2, -0.15) is 0 Å². The van der Waals surface area contributed by atoms with Crippen molar-refractivity contribution >= 4 is 35.0 Å². The smallest absolute Gasteiger partial charge is 0.337 e. The van der Waals surface area contributed by atoms with Gasteiger partial charge in [-0.15, -0.1) is 0 Å². The lowest BCUT2D eigenvalue weighted by Crippen LogP contribution is -2.13. The normalized spacial score (nSPS) is 10.3. The first-order valence-corrected chi connectivity index (χ1v) is 8.36. The molecule has 0 saturated heterocycles. The van der Waals surface area contributed by atoms with Crippen LogP contribution in [-0.4, -0.2) is 24.0 Å². The molecule has 2 heterocycles. The molecule has 3 aromatic rings. The highest BCUT2D eigenvalue weighted by Crippen LogP contribution is 2.24. The molecule has 0 spiro atoms. The van der Waals surface area contributed by atoms with Gasteiger partial charge in [0.2, 0.25) is 0 Å². The largest absolute Gasteiger partial charge is 0.467 e. The number of hydrogen-bond acceptors (Lipinski definition) is 6. The summed E-state index contributed by atoms with van der Waals surface area (Å²) in [7, 11) is 1.28. The molecule has 1 amide bonds. The lowest BCUT2D eigenvalue weighted by Gasteiger charge is -2.09. The Morgan fingerprint density at radius 1 is 1.19 bits per heavy atom. The number of carbonyl (C=O) groups excluding carboxylic acids is 2. The molecule has 0 saturated carbocycles. The molecule has 0 unspecified atom stereocenters. The lowest BCUT2D eigenvalue weighted by molar-refractivity contribution is 0.0600. The van der Waals surface area contributed by atoms with Crippen LogP contribution in [0.5, 0.6) is 0 Å². The van der Waals surface area contributed by atoms with Gasteiger partial charge in [0.1, 0.15) is 11.6 Å². The van der Waals surface area contributed by atoms with Gasteiger partial charge in [0.25, 0.3) is 5.91 Å². The molecular formula is C19H16ClN3O4. The molecule has 1 aromatic carbocycles. The zero-order chi connectivity index (χ0) is 19.2. The summed E-state index contributed by atoms with van der Waals surface area (Å²) in [5.41, 5.74) is 0.940. The number of anilines is 2. The van der Waals surface area contributed by atoms with E-state index in [4.69, 9.17) is 16.0 Å². The van der Waals surface area contributed by atoms with Crippen LogP contribution in [0.2, 0.25) is 5.02 Å². The highest BCUT2D eigenvalue weighted by molar-refractivity contribution is 6.34. The maximum atomic E-state index is 12.4. The average molecular weight is 386 g/mol. The first-order chi connectivity index (χ1) is 13.1. The number of hydrogen-bond donors (Lipinski definition) is 2. The highest BCUT2D eigenvalue weighted by Gasteiger charge is 2.13. The quantitative estimate of drug-likeness (QED) is 0.623. The van der Waals surface area contributed by atoms with Crippen LogP contribution in [0.4, 0.5) is 11.5 Å². The predicted octanol–water partition coefficient (Wildman–Crippen LogP) is 3.98. The molecule has 3 rings (SSSR count). The number of pyridine rings is 1. The fourth-order valence-electron chi connectivity index (χ4n) is 2.28. The van der Waals surface area contributed by atoms with Gasteiger partial charge < -0.3 is 19.8 Å². The van der Waals surface area contributed by atoms with Gasteiger partial charge in [-0.05, 0) is 42.5 Å². The van der Waals surface area contributed by atoms with E-state index < -0.39 is 11.9 Å². The number of nitrogens with zero attached hydrogens (tertiary/aromatic N) is 1. The van der Waals surface area contributed by atoms with E-state index in [1.165, 1.54) is 31.5 Å². The first-order valence-electron chi connectivity index (χ1n) is 7.98. The minimum absolute atomic E-state index is 0.285. The van der Waals surface area contributed by atoms with Crippen LogP contribution in [0.3, 0.4) is 0 Å². The first kappa shape index (κ1) is 18.5. The van der Waals surface area contributed by atoms with Crippen molar-refractivity contribution in [3.63, 3.8) is 0 Å². The standard InChI is InChI=1S/C19H16ClN3O4/c1-26-19(25)12-4-6-15(20)16(9-12)23-18(24)13-5-7-17(21-10-13)22-11-14-3-2-8-27-14/h2-10H,11H2,1H3,(H,21,22)(H,23,24). The van der Waals surface area contributed by atoms with Crippen LogP contribution in [0.25, 0.3) is 0 Å². The van der Waals surface area contributed by atoms with Crippen LogP contribution >= 0.6 is 11.6 Å². The maximum Gasteiger partial charge on any atom is 0.337 e. The number of esters is 1. The molecule has 0 aliphatic rings. The van der Waals surface area contributed by atoms with Gasteiger partial charge in [0.05, 0.1) is 41.8 Å². The number of halogens is 1. The molecule has 2 N–H and O–H groups in total. The Hall–Kier alpha value is -3.32. The van der Waals surface area contributed by atoms with Crippen LogP contribution in [-0.2, 0) is 11.3 Å². The van der Waals surface area contributed by atoms with E-state index in [2.05, 4.69) is 20.4 Å². The molecule has 0 aliphatic heterocycles. The summed E-state index contributed by atoms with van der Waals surface area (Å²) >= 11 is 6.09. The van der Waals surface area contributed by atoms with Gasteiger partial charge in [-0.25, -0.2) is 9.78 Å². The van der Waals surface area contributed by atoms with Crippen molar-refractivity contribution in [2.24, 2.45) is 0 Å². The van der Waals surface area contributed by atoms with Crippen LogP contribution < -0.4 is 10.6 Å². The monoisotopic (exact) mass is 385 g/mol. The molecule has 27 heavy (non-hydrogen) atoms. The molecule has 0 atom stereocenters. The number of rotatable bonds is 6. The van der Waals surface area contributed by atoms with Gasteiger partial charge in [-0.1, -0.05) is 11.6 Å². The topological polar surface area (TPSA) is 93.5 Å². The Morgan fingerprint density at radius 2 is 2.00 bits per heavy atom. The van der Waals surface area contributed by atoms with Crippen molar-refractivity contribution in [3.05, 3.63) is 76.8 Å². The van der Waals surface area contributed by atoms with Crippen molar-refractivity contribution in [2.45, 2.75) is 6.54 Å². The Balaban J connectivity index is 1.66. The Bertz CT molecular complexity index is 940. The van der Waals surface area contributed by atoms with E-state index in [-0.39, 0.29) is 5.56 Å². The number of benzene rings is 1. The van der Waals surface area contributed by atoms with Crippen LogP contribution in [0.15, 0.2) is 59.3 Å². The van der Waals surface area contributed by atoms with Gasteiger partial charge in [-0.3, -0.25) is 4.79 Å². The molecule has 0 fully saturated rings. The molecule has 0 bridgehead atoms. The summed E-state index contributed by atoms with van der Waals surface area (Å²) in [4.78, 5) is 28.2. The highest BCUT2D eigenvalue weighted by atomic mass is 35.5. The molecule has 7 nitrogen and oxygen atoms in total. The third kappa shape index (κ3) is 4.65. The molecule has 2 aromatic heterocycles. The summed E-state index contributed by atoms with van der Waals surface area (Å²) in [6.45, 7) is 0.488. The second-order valence-corrected chi connectivity index (χ2v) is 5.91. The Morgan fingerprint density at radius 3 is 2.67 bits per heavy atom. The van der Waals surface area contributed by atoms with E-state index in [9.17, 15) is 9.59 Å². The van der Waals surface area contributed by atoms with Crippen LogP contribution in [0, 0.1) is 0 Å². The summed E-state index contributed by atoms with van der Waals surface area (Å²) in [5, 5.41) is 6.06. The van der Waals surface area contributed by atoms with Crippen molar-refractivity contribution < 1.29 is 18.7 Å². The van der Waals surface area contributed by atoms with Crippen molar-refractivity contribution in [1.82, 2.24) is 4.98 Å². The second-order valence-electron chi connectivity index (χ2n) is 5.51. The molecule has 138 valence electrons. The number of carbonyl (C=O) groups is 2. The summed E-state index contributed by atoms with van der Waals surface area (Å²) in [6, 6.07) is 11.5. The lowest BCUT2D eigenvalue weighted by atomic mass is 10.2. The predicted molar refractivity (Wildman–Crippen MR) is 101 cm³/mol. The van der Waals surface area contributed by atoms with Crippen molar-refractivity contribution in [1.29, 1.82) is 0 Å².